The predicted octanol–water partition coefficient (Wildman–Crippen LogP) is 12.2. The Labute approximate surface area is 269 Å². The smallest absolute Gasteiger partial charge is 0.0551 e. The molecule has 2 nitrogen and oxygen atoms in total. The van der Waals surface area contributed by atoms with Crippen molar-refractivity contribution in [1.82, 2.24) is 5.43 Å². The van der Waals surface area contributed by atoms with Crippen LogP contribution in [0, 0.1) is 13.8 Å². The maximum absolute atomic E-state index is 4.38. The standard InChI is InChI=1S/C29H34N2.C8H10.C3H6.C2H6/c1-7-8-22-9-11-23(12-10-22)25-15-18-28(26(19-25)20-30-31-21(2)3)24-13-16-27(17-14-24)29(4,5)6;1-7-5-3-4-6-8(7)2;1-3-2;1-2/h9-20,31H,2,7-8H2,1,3-6H3;3-6H,1-2H3;3H,1H2,2H3;1-2H3/b30-20+;;;. The summed E-state index contributed by atoms with van der Waals surface area (Å²) >= 11 is 0. The fourth-order valence-electron chi connectivity index (χ4n) is 4.29. The molecule has 1 N–H and O–H groups in total. The number of rotatable bonds is 7. The van der Waals surface area contributed by atoms with E-state index in [1.54, 1.807) is 6.08 Å². The van der Waals surface area contributed by atoms with Crippen molar-refractivity contribution in [3.05, 3.63) is 144 Å². The first kappa shape index (κ1) is 37.9. The summed E-state index contributed by atoms with van der Waals surface area (Å²) in [6, 6.07) is 32.7. The molecule has 4 aromatic rings. The van der Waals surface area contributed by atoms with E-state index in [2.05, 4.69) is 156 Å². The average Bonchev–Trinajstić information content (AvgIpc) is 3.00. The zero-order chi connectivity index (χ0) is 33.1. The Balaban J connectivity index is 0.000000623. The van der Waals surface area contributed by atoms with Crippen LogP contribution in [0.3, 0.4) is 0 Å². The molecule has 0 spiro atoms. The molecule has 0 aliphatic rings. The highest BCUT2D eigenvalue weighted by atomic mass is 15.3. The van der Waals surface area contributed by atoms with Gasteiger partial charge in [-0.25, -0.2) is 0 Å². The SMILES string of the molecule is C=C(C)N/N=C/c1cc(-c2ccc(CCC)cc2)ccc1-c1ccc(C(C)(C)C)cc1.C=CC.CC.Cc1ccccc1C. The fraction of sp³-hybridized carbons (Fsp3) is 0.310. The van der Waals surface area contributed by atoms with E-state index in [1.807, 2.05) is 33.9 Å². The van der Waals surface area contributed by atoms with Crippen molar-refractivity contribution in [3.8, 4) is 22.3 Å². The molecule has 0 radical (unpaired) electrons. The van der Waals surface area contributed by atoms with Crippen molar-refractivity contribution in [3.63, 3.8) is 0 Å². The molecule has 0 fully saturated rings. The zero-order valence-corrected chi connectivity index (χ0v) is 29.1. The first-order chi connectivity index (χ1) is 21.0. The fourth-order valence-corrected chi connectivity index (χ4v) is 4.29. The highest BCUT2D eigenvalue weighted by Crippen LogP contribution is 2.31. The minimum absolute atomic E-state index is 0.141. The number of allylic oxidation sites excluding steroid dienone is 2. The van der Waals surface area contributed by atoms with Gasteiger partial charge >= 0.3 is 0 Å². The van der Waals surface area contributed by atoms with Gasteiger partial charge in [-0.1, -0.05) is 146 Å². The average molecular weight is 589 g/mol. The van der Waals surface area contributed by atoms with Crippen molar-refractivity contribution in [1.29, 1.82) is 0 Å². The summed E-state index contributed by atoms with van der Waals surface area (Å²) in [6.07, 6.45) is 5.92. The first-order valence-corrected chi connectivity index (χ1v) is 15.9. The molecule has 2 heteroatoms. The van der Waals surface area contributed by atoms with Crippen molar-refractivity contribution < 1.29 is 0 Å². The first-order valence-electron chi connectivity index (χ1n) is 15.9. The van der Waals surface area contributed by atoms with Crippen LogP contribution in [0.25, 0.3) is 22.3 Å². The van der Waals surface area contributed by atoms with Crippen LogP contribution in [-0.2, 0) is 11.8 Å². The Hall–Kier alpha value is -4.17. The molecule has 4 aromatic carbocycles. The number of aryl methyl sites for hydroxylation is 3. The lowest BCUT2D eigenvalue weighted by Crippen LogP contribution is -2.10. The molecule has 234 valence electrons. The molecular formula is C42H56N2. The van der Waals surface area contributed by atoms with Crippen molar-refractivity contribution in [2.24, 2.45) is 5.10 Å². The molecule has 0 atom stereocenters. The highest BCUT2D eigenvalue weighted by Gasteiger charge is 2.14. The highest BCUT2D eigenvalue weighted by molar-refractivity contribution is 5.92. The molecule has 0 unspecified atom stereocenters. The largest absolute Gasteiger partial charge is 0.284 e. The van der Waals surface area contributed by atoms with Crippen LogP contribution in [-0.4, -0.2) is 6.21 Å². The van der Waals surface area contributed by atoms with Gasteiger partial charge in [0.25, 0.3) is 0 Å². The molecule has 0 aliphatic carbocycles. The third-order valence-corrected chi connectivity index (χ3v) is 6.82. The maximum atomic E-state index is 4.38. The van der Waals surface area contributed by atoms with Crippen molar-refractivity contribution in [2.45, 2.75) is 87.5 Å². The van der Waals surface area contributed by atoms with Crippen LogP contribution in [0.4, 0.5) is 0 Å². The van der Waals surface area contributed by atoms with E-state index in [0.717, 1.165) is 17.7 Å². The van der Waals surface area contributed by atoms with Gasteiger partial charge in [0.15, 0.2) is 0 Å². The Morgan fingerprint density at radius 2 is 1.30 bits per heavy atom. The Bertz CT molecular complexity index is 1410. The van der Waals surface area contributed by atoms with Gasteiger partial charge in [-0.2, -0.15) is 5.10 Å². The van der Waals surface area contributed by atoms with E-state index in [0.29, 0.717) is 0 Å². The topological polar surface area (TPSA) is 24.4 Å². The third-order valence-electron chi connectivity index (χ3n) is 6.82. The second-order valence-electron chi connectivity index (χ2n) is 11.7. The minimum atomic E-state index is 0.141. The minimum Gasteiger partial charge on any atom is -0.284 e. The Morgan fingerprint density at radius 3 is 1.75 bits per heavy atom. The van der Waals surface area contributed by atoms with E-state index in [-0.39, 0.29) is 5.41 Å². The molecule has 0 saturated heterocycles. The van der Waals surface area contributed by atoms with E-state index in [9.17, 15) is 0 Å². The molecule has 44 heavy (non-hydrogen) atoms. The Kier molecular flexibility index (Phi) is 17.1. The second-order valence-corrected chi connectivity index (χ2v) is 11.7. The van der Waals surface area contributed by atoms with Gasteiger partial charge in [-0.05, 0) is 90.1 Å². The summed E-state index contributed by atoms with van der Waals surface area (Å²) < 4.78 is 0. The number of hydrogen-bond acceptors (Lipinski definition) is 2. The maximum Gasteiger partial charge on any atom is 0.0551 e. The van der Waals surface area contributed by atoms with E-state index >= 15 is 0 Å². The summed E-state index contributed by atoms with van der Waals surface area (Å²) in [6.45, 7) is 28.2. The van der Waals surface area contributed by atoms with Crippen LogP contribution in [0.1, 0.15) is 89.6 Å². The van der Waals surface area contributed by atoms with Gasteiger partial charge in [-0.15, -0.1) is 6.58 Å². The summed E-state index contributed by atoms with van der Waals surface area (Å²) in [5.74, 6) is 0. The molecule has 0 heterocycles. The molecule has 4 rings (SSSR count). The summed E-state index contributed by atoms with van der Waals surface area (Å²) in [4.78, 5) is 0. The number of hydrogen-bond donors (Lipinski definition) is 1. The van der Waals surface area contributed by atoms with Crippen molar-refractivity contribution in [2.75, 3.05) is 0 Å². The van der Waals surface area contributed by atoms with Crippen LogP contribution in [0.15, 0.2) is 121 Å². The summed E-state index contributed by atoms with van der Waals surface area (Å²) in [5, 5.41) is 4.38. The molecule has 0 bridgehead atoms. The van der Waals surface area contributed by atoms with Crippen LogP contribution in [0.2, 0.25) is 0 Å². The van der Waals surface area contributed by atoms with Gasteiger partial charge < -0.3 is 0 Å². The zero-order valence-electron chi connectivity index (χ0n) is 29.1. The third kappa shape index (κ3) is 13.0. The van der Waals surface area contributed by atoms with Crippen LogP contribution in [0.5, 0.6) is 0 Å². The number of hydrazone groups is 1. The number of nitrogens with one attached hydrogen (secondary N) is 1. The summed E-state index contributed by atoms with van der Waals surface area (Å²) in [7, 11) is 0. The van der Waals surface area contributed by atoms with Gasteiger partial charge in [-0.3, -0.25) is 5.43 Å². The molecule has 0 aromatic heterocycles. The molecule has 0 saturated carbocycles. The molecular weight excluding hydrogens is 532 g/mol. The Morgan fingerprint density at radius 1 is 0.795 bits per heavy atom. The van der Waals surface area contributed by atoms with E-state index in [4.69, 9.17) is 0 Å². The van der Waals surface area contributed by atoms with Gasteiger partial charge in [0.2, 0.25) is 0 Å². The van der Waals surface area contributed by atoms with Gasteiger partial charge in [0, 0.05) is 11.3 Å². The normalized spacial score (nSPS) is 10.3. The lowest BCUT2D eigenvalue weighted by atomic mass is 9.86. The molecule has 0 aliphatic heterocycles. The van der Waals surface area contributed by atoms with Gasteiger partial charge in [0.1, 0.15) is 0 Å². The van der Waals surface area contributed by atoms with E-state index < -0.39 is 0 Å². The monoisotopic (exact) mass is 588 g/mol. The number of benzene rings is 4. The predicted molar refractivity (Wildman–Crippen MR) is 199 cm³/mol. The summed E-state index contributed by atoms with van der Waals surface area (Å²) in [5.41, 5.74) is 15.2. The quantitative estimate of drug-likeness (QED) is 0.130. The molecule has 0 amide bonds. The van der Waals surface area contributed by atoms with Crippen LogP contribution < -0.4 is 5.43 Å². The van der Waals surface area contributed by atoms with E-state index in [1.165, 1.54) is 50.9 Å². The van der Waals surface area contributed by atoms with Crippen molar-refractivity contribution >= 4 is 6.21 Å². The van der Waals surface area contributed by atoms with Gasteiger partial charge in [0.05, 0.1) is 6.21 Å². The lowest BCUT2D eigenvalue weighted by Gasteiger charge is -2.19. The second kappa shape index (κ2) is 19.9. The lowest BCUT2D eigenvalue weighted by molar-refractivity contribution is 0.590. The number of nitrogens with zero attached hydrogens (tertiary/aromatic N) is 1. The van der Waals surface area contributed by atoms with Crippen LogP contribution >= 0.6 is 0 Å².